The van der Waals surface area contributed by atoms with Crippen LogP contribution in [-0.2, 0) is 13.1 Å². The number of pyridine rings is 1. The normalized spacial score (nSPS) is 9.42. The highest BCUT2D eigenvalue weighted by atomic mass is 35.5. The van der Waals surface area contributed by atoms with Gasteiger partial charge in [0.2, 0.25) is 0 Å². The molecule has 0 saturated carbocycles. The predicted molar refractivity (Wildman–Crippen MR) is 104 cm³/mol. The maximum atomic E-state index is 7.61. The van der Waals surface area contributed by atoms with Gasteiger partial charge in [0.1, 0.15) is 0 Å². The van der Waals surface area contributed by atoms with Crippen LogP contribution >= 0.6 is 24.8 Å². The van der Waals surface area contributed by atoms with Crippen molar-refractivity contribution in [2.75, 3.05) is 13.1 Å². The van der Waals surface area contributed by atoms with Crippen LogP contribution in [0.5, 0.6) is 0 Å². The van der Waals surface area contributed by atoms with Crippen molar-refractivity contribution < 1.29 is 0 Å². The van der Waals surface area contributed by atoms with Gasteiger partial charge in [-0.15, -0.1) is 24.8 Å². The van der Waals surface area contributed by atoms with Crippen LogP contribution in [0.2, 0.25) is 0 Å². The summed E-state index contributed by atoms with van der Waals surface area (Å²) in [5, 5.41) is 15.2. The van der Waals surface area contributed by atoms with Gasteiger partial charge in [-0.05, 0) is 25.0 Å². The van der Waals surface area contributed by atoms with Crippen LogP contribution in [0.1, 0.15) is 38.1 Å². The van der Waals surface area contributed by atoms with Crippen LogP contribution in [-0.4, -0.2) is 39.8 Å². The minimum Gasteiger partial charge on any atom is -0.370 e. The highest BCUT2D eigenvalue weighted by Gasteiger charge is 2.10. The molecular weight excluding hydrogens is 349 g/mol. The molecule has 1 rings (SSSR count). The zero-order chi connectivity index (χ0) is 16.5. The molecule has 0 atom stereocenters. The number of rotatable bonds is 8. The fourth-order valence-corrected chi connectivity index (χ4v) is 2.21. The summed E-state index contributed by atoms with van der Waals surface area (Å²) < 4.78 is 0. The van der Waals surface area contributed by atoms with Gasteiger partial charge >= 0.3 is 0 Å². The zero-order valence-electron chi connectivity index (χ0n) is 14.3. The Morgan fingerprint density at radius 3 is 1.58 bits per heavy atom. The second kappa shape index (κ2) is 12.7. The number of hydrogen-bond acceptors (Lipinski definition) is 3. The molecule has 6 N–H and O–H groups in total. The van der Waals surface area contributed by atoms with Crippen LogP contribution in [0.25, 0.3) is 0 Å². The first-order chi connectivity index (χ1) is 10.5. The third kappa shape index (κ3) is 8.21. The number of aromatic nitrogens is 1. The predicted octanol–water partition coefficient (Wildman–Crippen LogP) is 2.14. The fourth-order valence-electron chi connectivity index (χ4n) is 2.21. The fraction of sp³-hybridized carbons (Fsp3) is 0.533. The summed E-state index contributed by atoms with van der Waals surface area (Å²) in [5.41, 5.74) is 12.9. The summed E-state index contributed by atoms with van der Waals surface area (Å²) >= 11 is 0. The van der Waals surface area contributed by atoms with Gasteiger partial charge in [-0.3, -0.25) is 15.8 Å². The van der Waals surface area contributed by atoms with Crippen molar-refractivity contribution in [3.8, 4) is 0 Å². The highest BCUT2D eigenvalue weighted by Crippen LogP contribution is 2.07. The lowest BCUT2D eigenvalue weighted by Crippen LogP contribution is -2.37. The lowest BCUT2D eigenvalue weighted by molar-refractivity contribution is 0.388. The van der Waals surface area contributed by atoms with E-state index < -0.39 is 0 Å². The number of guanidine groups is 2. The van der Waals surface area contributed by atoms with Gasteiger partial charge < -0.3 is 21.3 Å². The van der Waals surface area contributed by atoms with Crippen LogP contribution in [0.3, 0.4) is 0 Å². The topological polar surface area (TPSA) is 119 Å². The van der Waals surface area contributed by atoms with E-state index in [0.717, 1.165) is 37.3 Å². The van der Waals surface area contributed by atoms with Crippen molar-refractivity contribution in [3.05, 3.63) is 29.6 Å². The Morgan fingerprint density at radius 1 is 0.917 bits per heavy atom. The van der Waals surface area contributed by atoms with E-state index in [1.165, 1.54) is 0 Å². The van der Waals surface area contributed by atoms with Crippen molar-refractivity contribution in [2.45, 2.75) is 39.8 Å². The first-order valence-corrected chi connectivity index (χ1v) is 7.60. The van der Waals surface area contributed by atoms with Crippen molar-refractivity contribution in [3.63, 3.8) is 0 Å². The lowest BCUT2D eigenvalue weighted by atomic mass is 10.2. The monoisotopic (exact) mass is 377 g/mol. The first-order valence-electron chi connectivity index (χ1n) is 7.60. The molecule has 1 heterocycles. The largest absolute Gasteiger partial charge is 0.370 e. The molecule has 0 bridgehead atoms. The van der Waals surface area contributed by atoms with E-state index in [9.17, 15) is 0 Å². The molecule has 0 fully saturated rings. The molecule has 138 valence electrons. The number of nitrogens with zero attached hydrogens (tertiary/aromatic N) is 3. The number of halogens is 2. The second-order valence-corrected chi connectivity index (χ2v) is 5.23. The molecule has 0 aliphatic carbocycles. The summed E-state index contributed by atoms with van der Waals surface area (Å²) in [5.74, 6) is 0.121. The molecule has 7 nitrogen and oxygen atoms in total. The van der Waals surface area contributed by atoms with Crippen LogP contribution in [0.15, 0.2) is 18.2 Å². The summed E-state index contributed by atoms with van der Waals surface area (Å²) in [4.78, 5) is 8.18. The minimum atomic E-state index is 0. The molecule has 0 spiro atoms. The number of nitrogens with two attached hydrogens (primary N) is 2. The van der Waals surface area contributed by atoms with Gasteiger partial charge in [0, 0.05) is 13.1 Å². The van der Waals surface area contributed by atoms with E-state index in [4.69, 9.17) is 22.3 Å². The van der Waals surface area contributed by atoms with Crippen LogP contribution in [0.4, 0.5) is 0 Å². The Kier molecular flexibility index (Phi) is 12.9. The number of hydrogen-bond donors (Lipinski definition) is 4. The second-order valence-electron chi connectivity index (χ2n) is 5.23. The van der Waals surface area contributed by atoms with E-state index in [2.05, 4.69) is 18.8 Å². The Bertz CT molecular complexity index is 469. The molecule has 0 amide bonds. The molecule has 9 heteroatoms. The van der Waals surface area contributed by atoms with Crippen molar-refractivity contribution in [1.82, 2.24) is 14.8 Å². The minimum absolute atomic E-state index is 0. The highest BCUT2D eigenvalue weighted by molar-refractivity contribution is 5.85. The van der Waals surface area contributed by atoms with Crippen molar-refractivity contribution >= 4 is 36.7 Å². The Balaban J connectivity index is 0. The van der Waals surface area contributed by atoms with Crippen molar-refractivity contribution in [2.24, 2.45) is 11.5 Å². The van der Waals surface area contributed by atoms with Gasteiger partial charge in [0.15, 0.2) is 11.9 Å². The Labute approximate surface area is 156 Å². The standard InChI is InChI=1S/C15H27N7.2ClH/c1-3-8-21(14(16)17)10-12-6-5-7-13(20-12)11-22(9-4-2)15(18)19;;/h5-7H,3-4,8-11H2,1-2H3,(H3,16,17)(H3,18,19);2*1H. The van der Waals surface area contributed by atoms with Gasteiger partial charge in [0.25, 0.3) is 0 Å². The molecule has 0 saturated heterocycles. The third-order valence-electron chi connectivity index (χ3n) is 3.24. The average molecular weight is 378 g/mol. The molecular formula is C15H29Cl2N7. The summed E-state index contributed by atoms with van der Waals surface area (Å²) in [6, 6.07) is 5.78. The molecule has 0 aliphatic rings. The van der Waals surface area contributed by atoms with Gasteiger partial charge in [-0.2, -0.15) is 0 Å². The summed E-state index contributed by atoms with van der Waals surface area (Å²) in [6.07, 6.45) is 1.85. The van der Waals surface area contributed by atoms with E-state index in [-0.39, 0.29) is 36.7 Å². The molecule has 24 heavy (non-hydrogen) atoms. The maximum absolute atomic E-state index is 7.61. The maximum Gasteiger partial charge on any atom is 0.188 e. The third-order valence-corrected chi connectivity index (χ3v) is 3.24. The molecule has 0 aliphatic heterocycles. The lowest BCUT2D eigenvalue weighted by Gasteiger charge is -2.23. The van der Waals surface area contributed by atoms with E-state index in [0.29, 0.717) is 13.1 Å². The molecule has 0 radical (unpaired) electrons. The molecule has 0 aromatic carbocycles. The van der Waals surface area contributed by atoms with Gasteiger partial charge in [-0.1, -0.05) is 19.9 Å². The number of nitrogens with one attached hydrogen (secondary N) is 2. The Hall–Kier alpha value is -1.73. The van der Waals surface area contributed by atoms with E-state index in [1.807, 2.05) is 18.2 Å². The van der Waals surface area contributed by atoms with Crippen LogP contribution in [0, 0.1) is 10.8 Å². The summed E-state index contributed by atoms with van der Waals surface area (Å²) in [6.45, 7) is 6.60. The first kappa shape index (κ1) is 24.5. The van der Waals surface area contributed by atoms with Crippen molar-refractivity contribution in [1.29, 1.82) is 10.8 Å². The van der Waals surface area contributed by atoms with Gasteiger partial charge in [0.05, 0.1) is 24.5 Å². The zero-order valence-corrected chi connectivity index (χ0v) is 15.9. The SMILES string of the molecule is CCCN(Cc1cccc(CN(CCC)C(=N)N)n1)C(=N)N.Cl.Cl. The summed E-state index contributed by atoms with van der Waals surface area (Å²) in [7, 11) is 0. The molecule has 1 aromatic heterocycles. The average Bonchev–Trinajstić information content (AvgIpc) is 2.46. The molecule has 1 aromatic rings. The quantitative estimate of drug-likeness (QED) is 0.408. The smallest absolute Gasteiger partial charge is 0.188 e. The van der Waals surface area contributed by atoms with E-state index in [1.54, 1.807) is 9.80 Å². The van der Waals surface area contributed by atoms with E-state index >= 15 is 0 Å². The molecule has 0 unspecified atom stereocenters. The van der Waals surface area contributed by atoms with Crippen LogP contribution < -0.4 is 11.5 Å². The Morgan fingerprint density at radius 2 is 1.29 bits per heavy atom. The van der Waals surface area contributed by atoms with Gasteiger partial charge in [-0.25, -0.2) is 0 Å².